The molecule has 7 nitrogen and oxygen atoms in total. The highest BCUT2D eigenvalue weighted by Gasteiger charge is 2.58. The van der Waals surface area contributed by atoms with Gasteiger partial charge in [-0.25, -0.2) is 9.78 Å². The molecule has 1 unspecified atom stereocenters. The van der Waals surface area contributed by atoms with Crippen molar-refractivity contribution in [3.05, 3.63) is 21.5 Å². The number of nitrogens with zero attached hydrogens (tertiary/aromatic N) is 3. The number of aliphatic hydroxyl groups excluding tert-OH is 1. The van der Waals surface area contributed by atoms with Gasteiger partial charge in [-0.2, -0.15) is 0 Å². The van der Waals surface area contributed by atoms with Crippen LogP contribution in [0.3, 0.4) is 0 Å². The highest BCUT2D eigenvalue weighted by atomic mass is 32.2. The van der Waals surface area contributed by atoms with E-state index in [0.29, 0.717) is 10.7 Å². The predicted molar refractivity (Wildman–Crippen MR) is 103 cm³/mol. The van der Waals surface area contributed by atoms with E-state index >= 15 is 0 Å². The average molecular weight is 414 g/mol. The number of aromatic nitrogens is 1. The summed E-state index contributed by atoms with van der Waals surface area (Å²) in [6, 6.07) is 0. The molecule has 2 fully saturated rings. The van der Waals surface area contributed by atoms with E-state index in [1.54, 1.807) is 29.3 Å². The second-order valence-electron chi connectivity index (χ2n) is 6.45. The number of carbonyl (C=O) groups is 2. The molecular formula is C16H19N3O4S3. The molecule has 2 saturated heterocycles. The van der Waals surface area contributed by atoms with Crippen molar-refractivity contribution in [2.75, 3.05) is 18.0 Å². The van der Waals surface area contributed by atoms with E-state index < -0.39 is 18.0 Å². The molecule has 0 saturated carbocycles. The van der Waals surface area contributed by atoms with Crippen molar-refractivity contribution in [1.29, 1.82) is 0 Å². The Hall–Kier alpha value is -1.23. The minimum absolute atomic E-state index is 0.0854. The van der Waals surface area contributed by atoms with Gasteiger partial charge in [-0.1, -0.05) is 18.7 Å². The molecular weight excluding hydrogens is 394 g/mol. The van der Waals surface area contributed by atoms with E-state index in [1.807, 2.05) is 12.3 Å². The summed E-state index contributed by atoms with van der Waals surface area (Å²) in [6.07, 6.45) is 2.49. The van der Waals surface area contributed by atoms with Gasteiger partial charge >= 0.3 is 5.97 Å². The SMILES string of the molecule is CC[C@H](O)[C@@H]1C(=O)N2C(C(=O)O)=C(SC3CCN(c4nccs4)C3)S[C@H]12. The van der Waals surface area contributed by atoms with Crippen LogP contribution in [0, 0.1) is 5.92 Å². The average Bonchev–Trinajstić information content (AvgIpc) is 3.33. The van der Waals surface area contributed by atoms with Crippen molar-refractivity contribution in [1.82, 2.24) is 9.88 Å². The number of fused-ring (bicyclic) bond motifs is 1. The zero-order chi connectivity index (χ0) is 18.4. The summed E-state index contributed by atoms with van der Waals surface area (Å²) in [5, 5.41) is 22.6. The number of β-lactam (4-membered cyclic amide) rings is 1. The molecule has 10 heteroatoms. The molecule has 1 amide bonds. The fourth-order valence-corrected chi connectivity index (χ4v) is 7.48. The van der Waals surface area contributed by atoms with Crippen molar-refractivity contribution < 1.29 is 19.8 Å². The minimum Gasteiger partial charge on any atom is -0.477 e. The summed E-state index contributed by atoms with van der Waals surface area (Å²) in [7, 11) is 0. The largest absolute Gasteiger partial charge is 0.477 e. The first kappa shape index (κ1) is 18.1. The Morgan fingerprint density at radius 3 is 3.00 bits per heavy atom. The Bertz CT molecular complexity index is 754. The highest BCUT2D eigenvalue weighted by Crippen LogP contribution is 2.55. The van der Waals surface area contributed by atoms with E-state index in [1.165, 1.54) is 16.7 Å². The van der Waals surface area contributed by atoms with Crippen LogP contribution in [0.1, 0.15) is 19.8 Å². The number of aliphatic carboxylic acids is 1. The lowest BCUT2D eigenvalue weighted by atomic mass is 9.90. The predicted octanol–water partition coefficient (Wildman–Crippen LogP) is 2.01. The van der Waals surface area contributed by atoms with Gasteiger partial charge in [0.05, 0.1) is 16.3 Å². The van der Waals surface area contributed by atoms with Gasteiger partial charge < -0.3 is 15.1 Å². The van der Waals surface area contributed by atoms with Gasteiger partial charge in [0.15, 0.2) is 10.8 Å². The Balaban J connectivity index is 1.48. The van der Waals surface area contributed by atoms with E-state index in [4.69, 9.17) is 0 Å². The number of rotatable bonds is 6. The summed E-state index contributed by atoms with van der Waals surface area (Å²) < 4.78 is 0.688. The van der Waals surface area contributed by atoms with Crippen LogP contribution in [0.2, 0.25) is 0 Å². The van der Waals surface area contributed by atoms with Gasteiger partial charge in [-0.05, 0) is 12.8 Å². The fraction of sp³-hybridized carbons (Fsp3) is 0.562. The molecule has 1 aromatic heterocycles. The molecule has 3 aliphatic rings. The second kappa shape index (κ2) is 7.06. The fourth-order valence-electron chi connectivity index (χ4n) is 3.52. The number of amides is 1. The first-order valence-corrected chi connectivity index (χ1v) is 11.1. The zero-order valence-electron chi connectivity index (χ0n) is 14.1. The van der Waals surface area contributed by atoms with Gasteiger partial charge in [-0.3, -0.25) is 9.69 Å². The third kappa shape index (κ3) is 2.92. The Morgan fingerprint density at radius 2 is 2.35 bits per heavy atom. The van der Waals surface area contributed by atoms with E-state index in [9.17, 15) is 19.8 Å². The van der Waals surface area contributed by atoms with Crippen molar-refractivity contribution in [2.24, 2.45) is 5.92 Å². The number of anilines is 1. The van der Waals surface area contributed by atoms with E-state index in [2.05, 4.69) is 9.88 Å². The van der Waals surface area contributed by atoms with Crippen molar-refractivity contribution >= 4 is 51.9 Å². The molecule has 0 spiro atoms. The number of hydrogen-bond acceptors (Lipinski definition) is 8. The van der Waals surface area contributed by atoms with Gasteiger partial charge in [0.25, 0.3) is 0 Å². The summed E-state index contributed by atoms with van der Waals surface area (Å²) >= 11 is 4.56. The number of thioether (sulfide) groups is 2. The zero-order valence-corrected chi connectivity index (χ0v) is 16.5. The molecule has 3 aliphatic heterocycles. The van der Waals surface area contributed by atoms with Crippen molar-refractivity contribution in [2.45, 2.75) is 36.5 Å². The third-order valence-corrected chi connectivity index (χ3v) is 8.58. The van der Waals surface area contributed by atoms with Crippen LogP contribution < -0.4 is 4.90 Å². The summed E-state index contributed by atoms with van der Waals surface area (Å²) in [5.41, 5.74) is 0.0854. The molecule has 0 bridgehead atoms. The number of carboxylic acid groups (broad SMARTS) is 1. The standard InChI is InChI=1S/C16H19N3O4S3/c1-2-9(20)10-12(21)19-11(14(22)23)15(26-13(10)19)25-8-3-5-18(7-8)16-17-4-6-24-16/h4,6,8-10,13,20H,2-3,5,7H2,1H3,(H,22,23)/t8?,9-,10+,13+/m0/s1. The van der Waals surface area contributed by atoms with Crippen LogP contribution in [-0.4, -0.2) is 61.8 Å². The van der Waals surface area contributed by atoms with Gasteiger partial charge in [0.2, 0.25) is 5.91 Å². The van der Waals surface area contributed by atoms with Gasteiger partial charge in [-0.15, -0.1) is 23.1 Å². The first-order chi connectivity index (χ1) is 12.5. The third-order valence-electron chi connectivity index (χ3n) is 4.89. The molecule has 1 aromatic rings. The van der Waals surface area contributed by atoms with Crippen LogP contribution >= 0.6 is 34.9 Å². The number of hydrogen-bond donors (Lipinski definition) is 2. The maximum absolute atomic E-state index is 12.4. The lowest BCUT2D eigenvalue weighted by molar-refractivity contribution is -0.157. The smallest absolute Gasteiger partial charge is 0.354 e. The lowest BCUT2D eigenvalue weighted by Gasteiger charge is -2.44. The Labute approximate surface area is 163 Å². The number of aliphatic hydroxyl groups is 1. The van der Waals surface area contributed by atoms with Crippen LogP contribution in [0.25, 0.3) is 0 Å². The Kier molecular flexibility index (Phi) is 4.93. The Morgan fingerprint density at radius 1 is 1.54 bits per heavy atom. The molecule has 0 radical (unpaired) electrons. The summed E-state index contributed by atoms with van der Waals surface area (Å²) in [5.74, 6) is -1.86. The monoisotopic (exact) mass is 413 g/mol. The molecule has 4 rings (SSSR count). The number of carboxylic acids is 1. The lowest BCUT2D eigenvalue weighted by Crippen LogP contribution is -2.61. The van der Waals surface area contributed by atoms with E-state index in [0.717, 1.165) is 24.6 Å². The normalized spacial score (nSPS) is 29.2. The van der Waals surface area contributed by atoms with Crippen LogP contribution in [0.5, 0.6) is 0 Å². The maximum Gasteiger partial charge on any atom is 0.354 e. The molecule has 4 heterocycles. The second-order valence-corrected chi connectivity index (χ2v) is 10.0. The summed E-state index contributed by atoms with van der Waals surface area (Å²) in [6.45, 7) is 3.54. The van der Waals surface area contributed by atoms with Crippen LogP contribution in [-0.2, 0) is 9.59 Å². The topological polar surface area (TPSA) is 94.0 Å². The molecule has 4 atom stereocenters. The van der Waals surface area contributed by atoms with Gasteiger partial charge in [0.1, 0.15) is 5.37 Å². The maximum atomic E-state index is 12.4. The van der Waals surface area contributed by atoms with Crippen molar-refractivity contribution in [3.63, 3.8) is 0 Å². The molecule has 0 aliphatic carbocycles. The molecule has 0 aromatic carbocycles. The molecule has 140 valence electrons. The molecule has 26 heavy (non-hydrogen) atoms. The number of thiazole rings is 1. The number of carbonyl (C=O) groups excluding carboxylic acids is 1. The molecule has 2 N–H and O–H groups in total. The quantitative estimate of drug-likeness (QED) is 0.684. The van der Waals surface area contributed by atoms with E-state index in [-0.39, 0.29) is 22.2 Å². The van der Waals surface area contributed by atoms with Gasteiger partial charge in [0, 0.05) is 29.9 Å². The highest BCUT2D eigenvalue weighted by molar-refractivity contribution is 8.23. The summed E-state index contributed by atoms with van der Waals surface area (Å²) in [4.78, 5) is 32.0. The minimum atomic E-state index is -1.07. The van der Waals surface area contributed by atoms with Crippen LogP contribution in [0.15, 0.2) is 21.5 Å². The van der Waals surface area contributed by atoms with Crippen LogP contribution in [0.4, 0.5) is 5.13 Å². The van der Waals surface area contributed by atoms with Crippen molar-refractivity contribution in [3.8, 4) is 0 Å². The first-order valence-electron chi connectivity index (χ1n) is 8.47.